The van der Waals surface area contributed by atoms with Gasteiger partial charge in [0, 0.05) is 6.42 Å². The van der Waals surface area contributed by atoms with Gasteiger partial charge in [0.25, 0.3) is 0 Å². The molecule has 3 aliphatic rings. The SMILES string of the molecule is CC1(C)O[C@H]2[C@H]3C[C@@](CCOOO)(C[C@H]2O1)C(=O)O3. The molecule has 4 atom stereocenters. The summed E-state index contributed by atoms with van der Waals surface area (Å²) in [6, 6.07) is 0. The summed E-state index contributed by atoms with van der Waals surface area (Å²) in [4.78, 5) is 16.5. The second-order valence-corrected chi connectivity index (χ2v) is 5.92. The number of fused-ring (bicyclic) bond motifs is 4. The molecular weight excluding hydrogens is 256 g/mol. The molecule has 0 aromatic heterocycles. The van der Waals surface area contributed by atoms with Crippen LogP contribution in [0.5, 0.6) is 0 Å². The van der Waals surface area contributed by atoms with Crippen LogP contribution < -0.4 is 0 Å². The fraction of sp³-hybridized carbons (Fsp3) is 0.917. The highest BCUT2D eigenvalue weighted by Crippen LogP contribution is 2.52. The zero-order valence-corrected chi connectivity index (χ0v) is 11.0. The summed E-state index contributed by atoms with van der Waals surface area (Å²) in [6.07, 6.45) is 0.977. The van der Waals surface area contributed by atoms with Gasteiger partial charge in [-0.05, 0) is 26.7 Å². The third-order valence-corrected chi connectivity index (χ3v) is 4.18. The number of hydrogen-bond acceptors (Lipinski definition) is 7. The summed E-state index contributed by atoms with van der Waals surface area (Å²) in [6.45, 7) is 3.84. The Labute approximate surface area is 110 Å². The van der Waals surface area contributed by atoms with Crippen molar-refractivity contribution >= 4 is 5.97 Å². The number of rotatable bonds is 4. The zero-order chi connectivity index (χ0) is 13.7. The van der Waals surface area contributed by atoms with E-state index in [0.29, 0.717) is 19.3 Å². The smallest absolute Gasteiger partial charge is 0.312 e. The van der Waals surface area contributed by atoms with Crippen LogP contribution in [0.25, 0.3) is 0 Å². The van der Waals surface area contributed by atoms with Crippen LogP contribution in [0, 0.1) is 5.41 Å². The fourth-order valence-electron chi connectivity index (χ4n) is 3.42. The van der Waals surface area contributed by atoms with Crippen LogP contribution >= 0.6 is 0 Å². The first-order chi connectivity index (χ1) is 8.96. The van der Waals surface area contributed by atoms with E-state index in [4.69, 9.17) is 19.5 Å². The Hall–Kier alpha value is -0.730. The van der Waals surface area contributed by atoms with Crippen LogP contribution in [0.2, 0.25) is 0 Å². The third kappa shape index (κ3) is 2.15. The topological polar surface area (TPSA) is 83.5 Å². The Morgan fingerprint density at radius 2 is 2.05 bits per heavy atom. The van der Waals surface area contributed by atoms with Crippen molar-refractivity contribution in [2.24, 2.45) is 5.41 Å². The number of ether oxygens (including phenoxy) is 3. The molecule has 3 rings (SSSR count). The standard InChI is InChI=1S/C12H18O7/c1-11(2)17-8-6-12(3-4-15-19-14)5-7(9(8)18-11)16-10(12)13/h7-9,14H,3-6H2,1-2H3/t7-,8-,9+,12+/m1/s1. The normalized spacial score (nSPS) is 43.1. The predicted octanol–water partition coefficient (Wildman–Crippen LogP) is 1.02. The van der Waals surface area contributed by atoms with E-state index >= 15 is 0 Å². The van der Waals surface area contributed by atoms with E-state index in [-0.39, 0.29) is 30.9 Å². The molecule has 7 nitrogen and oxygen atoms in total. The van der Waals surface area contributed by atoms with Gasteiger partial charge in [-0.15, -0.1) is 0 Å². The lowest BCUT2D eigenvalue weighted by atomic mass is 9.71. The molecule has 2 saturated heterocycles. The highest BCUT2D eigenvalue weighted by atomic mass is 17.5. The first kappa shape index (κ1) is 13.3. The van der Waals surface area contributed by atoms with Gasteiger partial charge in [0.05, 0.1) is 18.1 Å². The van der Waals surface area contributed by atoms with Gasteiger partial charge in [-0.2, -0.15) is 0 Å². The maximum atomic E-state index is 12.1. The molecule has 0 aromatic rings. The Morgan fingerprint density at radius 3 is 2.79 bits per heavy atom. The van der Waals surface area contributed by atoms with Crippen molar-refractivity contribution in [1.29, 1.82) is 0 Å². The van der Waals surface area contributed by atoms with E-state index in [2.05, 4.69) is 9.93 Å². The van der Waals surface area contributed by atoms with Gasteiger partial charge in [-0.3, -0.25) is 4.79 Å². The molecule has 2 heterocycles. The van der Waals surface area contributed by atoms with Gasteiger partial charge in [0.1, 0.15) is 12.2 Å². The molecule has 1 saturated carbocycles. The predicted molar refractivity (Wildman–Crippen MR) is 59.7 cm³/mol. The quantitative estimate of drug-likeness (QED) is 0.354. The van der Waals surface area contributed by atoms with Crippen molar-refractivity contribution < 1.29 is 34.2 Å². The number of carbonyl (C=O) groups excluding carboxylic acids is 1. The van der Waals surface area contributed by atoms with E-state index < -0.39 is 11.2 Å². The molecule has 0 spiro atoms. The third-order valence-electron chi connectivity index (χ3n) is 4.18. The molecule has 7 heteroatoms. The van der Waals surface area contributed by atoms with Crippen molar-refractivity contribution in [1.82, 2.24) is 0 Å². The summed E-state index contributed by atoms with van der Waals surface area (Å²) in [7, 11) is 0. The van der Waals surface area contributed by atoms with Crippen molar-refractivity contribution in [2.45, 2.75) is 57.2 Å². The minimum Gasteiger partial charge on any atom is -0.459 e. The first-order valence-electron chi connectivity index (χ1n) is 6.46. The van der Waals surface area contributed by atoms with Gasteiger partial charge < -0.3 is 14.2 Å². The summed E-state index contributed by atoms with van der Waals surface area (Å²) < 4.78 is 17.1. The second kappa shape index (κ2) is 4.39. The molecule has 0 aromatic carbocycles. The zero-order valence-electron chi connectivity index (χ0n) is 11.0. The molecule has 2 aliphatic heterocycles. The molecular formula is C12H18O7. The maximum Gasteiger partial charge on any atom is 0.312 e. The Balaban J connectivity index is 1.75. The minimum atomic E-state index is -0.641. The van der Waals surface area contributed by atoms with Gasteiger partial charge in [-0.25, -0.2) is 10.1 Å². The van der Waals surface area contributed by atoms with Crippen LogP contribution in [0.15, 0.2) is 0 Å². The molecule has 19 heavy (non-hydrogen) atoms. The van der Waals surface area contributed by atoms with E-state index in [1.807, 2.05) is 13.8 Å². The van der Waals surface area contributed by atoms with Crippen LogP contribution in [-0.4, -0.2) is 41.9 Å². The van der Waals surface area contributed by atoms with Crippen molar-refractivity contribution in [3.63, 3.8) is 0 Å². The Kier molecular flexibility index (Phi) is 3.06. The maximum absolute atomic E-state index is 12.1. The van der Waals surface area contributed by atoms with Gasteiger partial charge in [0.15, 0.2) is 5.79 Å². The molecule has 1 aliphatic carbocycles. The molecule has 0 amide bonds. The van der Waals surface area contributed by atoms with Crippen molar-refractivity contribution in [2.75, 3.05) is 6.61 Å². The largest absolute Gasteiger partial charge is 0.459 e. The van der Waals surface area contributed by atoms with E-state index in [1.54, 1.807) is 0 Å². The fourth-order valence-corrected chi connectivity index (χ4v) is 3.42. The molecule has 3 fully saturated rings. The lowest BCUT2D eigenvalue weighted by Crippen LogP contribution is -2.43. The average molecular weight is 274 g/mol. The Bertz CT molecular complexity index is 382. The molecule has 1 N–H and O–H groups in total. The van der Waals surface area contributed by atoms with Gasteiger partial charge in [0.2, 0.25) is 0 Å². The summed E-state index contributed by atoms with van der Waals surface area (Å²) in [5.41, 5.74) is -0.617. The van der Waals surface area contributed by atoms with E-state index in [9.17, 15) is 4.79 Å². The molecule has 2 bridgehead atoms. The van der Waals surface area contributed by atoms with Crippen LogP contribution in [0.1, 0.15) is 33.1 Å². The second-order valence-electron chi connectivity index (χ2n) is 5.92. The number of carbonyl (C=O) groups is 1. The summed E-state index contributed by atoms with van der Waals surface area (Å²) in [5.74, 6) is -0.878. The average Bonchev–Trinajstić information content (AvgIpc) is 2.76. The molecule has 0 radical (unpaired) electrons. The van der Waals surface area contributed by atoms with Crippen molar-refractivity contribution in [3.05, 3.63) is 0 Å². The summed E-state index contributed by atoms with van der Waals surface area (Å²) in [5, 5.41) is 11.7. The first-order valence-corrected chi connectivity index (χ1v) is 6.46. The van der Waals surface area contributed by atoms with E-state index in [1.165, 1.54) is 0 Å². The van der Waals surface area contributed by atoms with E-state index in [0.717, 1.165) is 0 Å². The highest BCUT2D eigenvalue weighted by Gasteiger charge is 2.62. The lowest BCUT2D eigenvalue weighted by Gasteiger charge is -2.33. The lowest BCUT2D eigenvalue weighted by molar-refractivity contribution is -0.491. The highest BCUT2D eigenvalue weighted by molar-refractivity contribution is 5.79. The van der Waals surface area contributed by atoms with Crippen LogP contribution in [0.4, 0.5) is 0 Å². The minimum absolute atomic E-state index is 0.125. The monoisotopic (exact) mass is 274 g/mol. The van der Waals surface area contributed by atoms with Gasteiger partial charge in [-0.1, -0.05) is 5.04 Å². The van der Waals surface area contributed by atoms with Gasteiger partial charge >= 0.3 is 5.97 Å². The van der Waals surface area contributed by atoms with Crippen LogP contribution in [-0.2, 0) is 28.9 Å². The van der Waals surface area contributed by atoms with Crippen LogP contribution in [0.3, 0.4) is 0 Å². The molecule has 0 unspecified atom stereocenters. The molecule has 108 valence electrons. The Morgan fingerprint density at radius 1 is 1.32 bits per heavy atom. The number of esters is 1. The van der Waals surface area contributed by atoms with Crippen molar-refractivity contribution in [3.8, 4) is 0 Å². The number of hydrogen-bond donors (Lipinski definition) is 1. The summed E-state index contributed by atoms with van der Waals surface area (Å²) >= 11 is 0.